The van der Waals surface area contributed by atoms with E-state index in [1.165, 1.54) is 0 Å². The Balaban J connectivity index is 2.28. The number of H-pyrrole nitrogens is 1. The van der Waals surface area contributed by atoms with Crippen LogP contribution in [0.25, 0.3) is 17.1 Å². The predicted octanol–water partition coefficient (Wildman–Crippen LogP) is 3.52. The first kappa shape index (κ1) is 13.5. The van der Waals surface area contributed by atoms with Crippen molar-refractivity contribution in [1.29, 1.82) is 5.26 Å². The third-order valence-electron chi connectivity index (χ3n) is 2.91. The van der Waals surface area contributed by atoms with Crippen LogP contribution in [0.2, 0.25) is 5.02 Å². The second-order valence-corrected chi connectivity index (χ2v) is 5.00. The number of benzene rings is 1. The summed E-state index contributed by atoms with van der Waals surface area (Å²) in [6.45, 7) is 0. The van der Waals surface area contributed by atoms with Gasteiger partial charge in [0.1, 0.15) is 0 Å². The maximum atomic E-state index is 9.04. The van der Waals surface area contributed by atoms with E-state index >= 15 is 0 Å². The van der Waals surface area contributed by atoms with Gasteiger partial charge in [-0.3, -0.25) is 14.6 Å². The van der Waals surface area contributed by atoms with Crippen molar-refractivity contribution in [1.82, 2.24) is 19.7 Å². The number of nitrogens with zero attached hydrogens (tertiary/aromatic N) is 4. The Morgan fingerprint density at radius 2 is 2.19 bits per heavy atom. The number of hydrogen-bond donors (Lipinski definition) is 1. The highest BCUT2D eigenvalue weighted by atomic mass is 35.5. The van der Waals surface area contributed by atoms with Crippen LogP contribution in [0.1, 0.15) is 5.56 Å². The minimum Gasteiger partial charge on any atom is -0.267 e. The van der Waals surface area contributed by atoms with Gasteiger partial charge < -0.3 is 0 Å². The predicted molar refractivity (Wildman–Crippen MR) is 81.7 cm³/mol. The third-order valence-corrected chi connectivity index (χ3v) is 3.50. The van der Waals surface area contributed by atoms with E-state index in [4.69, 9.17) is 29.1 Å². The molecule has 21 heavy (non-hydrogen) atoms. The van der Waals surface area contributed by atoms with Crippen molar-refractivity contribution in [3.63, 3.8) is 0 Å². The molecule has 2 heterocycles. The monoisotopic (exact) mass is 313 g/mol. The number of rotatable bonds is 2. The highest BCUT2D eigenvalue weighted by Gasteiger charge is 2.14. The Morgan fingerprint density at radius 3 is 2.90 bits per heavy atom. The van der Waals surface area contributed by atoms with Gasteiger partial charge in [0.2, 0.25) is 0 Å². The first-order valence-corrected chi connectivity index (χ1v) is 6.77. The maximum absolute atomic E-state index is 9.04. The lowest BCUT2D eigenvalue weighted by Gasteiger charge is -2.09. The second-order valence-electron chi connectivity index (χ2n) is 4.21. The van der Waals surface area contributed by atoms with E-state index in [0.29, 0.717) is 26.9 Å². The Kier molecular flexibility index (Phi) is 3.52. The molecule has 0 radical (unpaired) electrons. The van der Waals surface area contributed by atoms with Crippen molar-refractivity contribution in [2.24, 2.45) is 0 Å². The van der Waals surface area contributed by atoms with E-state index in [0.717, 1.165) is 5.56 Å². The molecule has 7 heteroatoms. The molecule has 0 saturated heterocycles. The molecule has 0 amide bonds. The molecular weight excluding hydrogens is 306 g/mol. The number of pyridine rings is 1. The Hall–Kier alpha value is -2.49. The summed E-state index contributed by atoms with van der Waals surface area (Å²) in [5.74, 6) is 0.588. The average Bonchev–Trinajstić information content (AvgIpc) is 2.90. The zero-order valence-electron chi connectivity index (χ0n) is 10.6. The van der Waals surface area contributed by atoms with E-state index in [-0.39, 0.29) is 0 Å². The SMILES string of the molecule is N#Cc1ccc(Cl)c(-n2c(-c3cccnc3)n[nH]c2=S)c1. The van der Waals surface area contributed by atoms with Gasteiger partial charge in [-0.2, -0.15) is 10.4 Å². The van der Waals surface area contributed by atoms with Gasteiger partial charge in [0.05, 0.1) is 22.3 Å². The topological polar surface area (TPSA) is 70.3 Å². The second kappa shape index (κ2) is 5.48. The van der Waals surface area contributed by atoms with Gasteiger partial charge in [0.15, 0.2) is 10.6 Å². The van der Waals surface area contributed by atoms with E-state index in [1.807, 2.05) is 12.1 Å². The molecule has 3 aromatic rings. The molecule has 5 nitrogen and oxygen atoms in total. The number of aromatic amines is 1. The van der Waals surface area contributed by atoms with Crippen LogP contribution >= 0.6 is 23.8 Å². The summed E-state index contributed by atoms with van der Waals surface area (Å²) in [6.07, 6.45) is 3.36. The van der Waals surface area contributed by atoms with Gasteiger partial charge in [-0.15, -0.1) is 0 Å². The van der Waals surface area contributed by atoms with E-state index < -0.39 is 0 Å². The fourth-order valence-corrected chi connectivity index (χ4v) is 2.40. The highest BCUT2D eigenvalue weighted by Crippen LogP contribution is 2.26. The number of nitrogens with one attached hydrogen (secondary N) is 1. The molecule has 0 aliphatic heterocycles. The summed E-state index contributed by atoms with van der Waals surface area (Å²) in [6, 6.07) is 10.8. The zero-order valence-corrected chi connectivity index (χ0v) is 12.2. The lowest BCUT2D eigenvalue weighted by Crippen LogP contribution is -1.99. The minimum absolute atomic E-state index is 0.394. The minimum atomic E-state index is 0.394. The number of nitriles is 1. The molecule has 0 atom stereocenters. The highest BCUT2D eigenvalue weighted by molar-refractivity contribution is 7.71. The van der Waals surface area contributed by atoms with Crippen LogP contribution in [0, 0.1) is 16.1 Å². The normalized spacial score (nSPS) is 10.3. The molecule has 0 unspecified atom stereocenters. The van der Waals surface area contributed by atoms with Crippen LogP contribution in [0.4, 0.5) is 0 Å². The van der Waals surface area contributed by atoms with Crippen LogP contribution in [0.3, 0.4) is 0 Å². The number of halogens is 1. The number of hydrogen-bond acceptors (Lipinski definition) is 4. The molecular formula is C14H8ClN5S. The van der Waals surface area contributed by atoms with Gasteiger partial charge in [0.25, 0.3) is 0 Å². The average molecular weight is 314 g/mol. The summed E-state index contributed by atoms with van der Waals surface area (Å²) < 4.78 is 2.08. The maximum Gasteiger partial charge on any atom is 0.200 e. The molecule has 1 aromatic carbocycles. The lowest BCUT2D eigenvalue weighted by atomic mass is 10.2. The smallest absolute Gasteiger partial charge is 0.200 e. The first-order valence-electron chi connectivity index (χ1n) is 5.98. The summed E-state index contributed by atoms with van der Waals surface area (Å²) >= 11 is 11.5. The summed E-state index contributed by atoms with van der Waals surface area (Å²) in [5.41, 5.74) is 1.89. The zero-order chi connectivity index (χ0) is 14.8. The molecule has 0 fully saturated rings. The van der Waals surface area contributed by atoms with Gasteiger partial charge >= 0.3 is 0 Å². The van der Waals surface area contributed by atoms with Crippen LogP contribution < -0.4 is 0 Å². The fourth-order valence-electron chi connectivity index (χ4n) is 1.96. The number of aromatic nitrogens is 4. The van der Waals surface area contributed by atoms with E-state index in [2.05, 4.69) is 21.3 Å². The van der Waals surface area contributed by atoms with E-state index in [1.54, 1.807) is 35.2 Å². The van der Waals surface area contributed by atoms with Crippen LogP contribution in [-0.2, 0) is 0 Å². The molecule has 102 valence electrons. The van der Waals surface area contributed by atoms with Crippen molar-refractivity contribution >= 4 is 23.8 Å². The standard InChI is InChI=1S/C14H8ClN5S/c15-11-4-3-9(7-16)6-12(11)20-13(18-19-14(20)21)10-2-1-5-17-8-10/h1-6,8H,(H,19,21). The largest absolute Gasteiger partial charge is 0.267 e. The summed E-state index contributed by atoms with van der Waals surface area (Å²) in [5, 5.41) is 16.5. The Labute approximate surface area is 130 Å². The van der Waals surface area contributed by atoms with Gasteiger partial charge in [-0.1, -0.05) is 11.6 Å². The van der Waals surface area contributed by atoms with Crippen LogP contribution in [-0.4, -0.2) is 19.7 Å². The molecule has 0 saturated carbocycles. The fraction of sp³-hybridized carbons (Fsp3) is 0. The molecule has 0 aliphatic rings. The van der Waals surface area contributed by atoms with Gasteiger partial charge in [-0.25, -0.2) is 0 Å². The molecule has 1 N–H and O–H groups in total. The summed E-state index contributed by atoms with van der Waals surface area (Å²) in [4.78, 5) is 4.07. The first-order chi connectivity index (χ1) is 10.2. The summed E-state index contributed by atoms with van der Waals surface area (Å²) in [7, 11) is 0. The molecule has 2 aromatic heterocycles. The molecule has 0 spiro atoms. The molecule has 0 bridgehead atoms. The third kappa shape index (κ3) is 2.44. The van der Waals surface area contributed by atoms with Crippen molar-refractivity contribution in [3.8, 4) is 23.1 Å². The van der Waals surface area contributed by atoms with Crippen molar-refractivity contribution in [3.05, 3.63) is 58.1 Å². The van der Waals surface area contributed by atoms with Crippen molar-refractivity contribution < 1.29 is 0 Å². The van der Waals surface area contributed by atoms with Crippen molar-refractivity contribution in [2.75, 3.05) is 0 Å². The molecule has 0 aliphatic carbocycles. The van der Waals surface area contributed by atoms with Gasteiger partial charge in [0, 0.05) is 18.0 Å². The lowest BCUT2D eigenvalue weighted by molar-refractivity contribution is 1.03. The Bertz CT molecular complexity index is 892. The van der Waals surface area contributed by atoms with Crippen molar-refractivity contribution in [2.45, 2.75) is 0 Å². The quantitative estimate of drug-likeness (QED) is 0.735. The van der Waals surface area contributed by atoms with Gasteiger partial charge in [-0.05, 0) is 42.5 Å². The Morgan fingerprint density at radius 1 is 1.33 bits per heavy atom. The van der Waals surface area contributed by atoms with E-state index in [9.17, 15) is 0 Å². The van der Waals surface area contributed by atoms with Crippen LogP contribution in [0.5, 0.6) is 0 Å². The molecule has 3 rings (SSSR count). The van der Waals surface area contributed by atoms with Crippen LogP contribution in [0.15, 0.2) is 42.7 Å².